The largest absolute Gasteiger partial charge is 0.489 e. The van der Waals surface area contributed by atoms with Gasteiger partial charge in [0.25, 0.3) is 0 Å². The Kier molecular flexibility index (Phi) is 6.60. The molecule has 2 atom stereocenters. The van der Waals surface area contributed by atoms with E-state index >= 15 is 0 Å². The van der Waals surface area contributed by atoms with Crippen molar-refractivity contribution in [3.63, 3.8) is 0 Å². The topological polar surface area (TPSA) is 59.4 Å². The van der Waals surface area contributed by atoms with E-state index in [-0.39, 0.29) is 12.1 Å². The molecule has 2 aromatic rings. The first kappa shape index (κ1) is 26.2. The van der Waals surface area contributed by atoms with Crippen molar-refractivity contribution in [1.29, 1.82) is 0 Å². The minimum Gasteiger partial charge on any atom is -0.489 e. The van der Waals surface area contributed by atoms with Gasteiger partial charge in [0.2, 0.25) is 0 Å². The third-order valence-electron chi connectivity index (χ3n) is 7.11. The van der Waals surface area contributed by atoms with Gasteiger partial charge in [-0.3, -0.25) is 9.89 Å². The van der Waals surface area contributed by atoms with E-state index in [0.717, 1.165) is 43.8 Å². The second-order valence-electron chi connectivity index (χ2n) is 10.4. The number of allylic oxidation sites excluding steroid dienone is 2. The average Bonchev–Trinajstić information content (AvgIpc) is 3.26. The number of halogens is 4. The lowest BCUT2D eigenvalue weighted by Gasteiger charge is -2.44. The Morgan fingerprint density at radius 2 is 2.05 bits per heavy atom. The number of pyridine rings is 1. The molecule has 2 saturated heterocycles. The quantitative estimate of drug-likeness (QED) is 0.459. The van der Waals surface area contributed by atoms with Crippen LogP contribution in [0.1, 0.15) is 37.8 Å². The van der Waals surface area contributed by atoms with E-state index in [1.54, 1.807) is 35.4 Å². The number of aliphatic imine (C=N–C) groups is 1. The highest BCUT2D eigenvalue weighted by atomic mass is 35.5. The van der Waals surface area contributed by atoms with Crippen LogP contribution < -0.4 is 9.64 Å². The number of anilines is 1. The minimum atomic E-state index is -4.49. The number of aromatic nitrogens is 1. The van der Waals surface area contributed by atoms with Crippen LogP contribution in [0.3, 0.4) is 0 Å². The fourth-order valence-electron chi connectivity index (χ4n) is 5.35. The highest BCUT2D eigenvalue weighted by Gasteiger charge is 2.39. The van der Waals surface area contributed by atoms with Crippen LogP contribution in [0.25, 0.3) is 5.70 Å². The van der Waals surface area contributed by atoms with Gasteiger partial charge < -0.3 is 19.1 Å². The maximum atomic E-state index is 13.6. The van der Waals surface area contributed by atoms with E-state index in [1.165, 1.54) is 6.07 Å². The van der Waals surface area contributed by atoms with Crippen LogP contribution >= 0.6 is 11.6 Å². The monoisotopic (exact) mass is 560 g/mol. The van der Waals surface area contributed by atoms with Crippen LogP contribution in [0.2, 0.25) is 0 Å². The molecule has 0 amide bonds. The van der Waals surface area contributed by atoms with Crippen molar-refractivity contribution in [2.24, 2.45) is 4.99 Å². The molecule has 7 nitrogen and oxygen atoms in total. The lowest BCUT2D eigenvalue weighted by molar-refractivity contribution is -0.141. The van der Waals surface area contributed by atoms with E-state index in [9.17, 15) is 13.2 Å². The molecule has 0 spiro atoms. The highest BCUT2D eigenvalue weighted by Crippen LogP contribution is 2.41. The summed E-state index contributed by atoms with van der Waals surface area (Å²) in [6.07, 6.45) is 0.649. The number of piperidine rings is 1. The zero-order valence-electron chi connectivity index (χ0n) is 21.5. The average molecular weight is 561 g/mol. The molecule has 4 aliphatic heterocycles. The Hall–Kier alpha value is -3.08. The molecule has 0 aliphatic carbocycles. The summed E-state index contributed by atoms with van der Waals surface area (Å²) in [4.78, 5) is 13.6. The second-order valence-corrected chi connectivity index (χ2v) is 10.9. The number of amidine groups is 1. The molecule has 2 fully saturated rings. The van der Waals surface area contributed by atoms with Gasteiger partial charge in [-0.1, -0.05) is 23.7 Å². The maximum Gasteiger partial charge on any atom is 0.416 e. The minimum absolute atomic E-state index is 0.0912. The standard InChI is InChI=1S/C28H28ClF3N4O3/c1-27(2)38-16-21(39-27)15-37-20-8-9-24(33-13-20)36-25(17-5-3-6-18(11-17)28(30,31)32)22(29)12-23-26(36)34-19-7-4-10-35(23)14-19/h3,5-6,8-9,11-13,19,21H,4,7,10,14-16H2,1-2H3/t19-,21+/m0/s1. The summed E-state index contributed by atoms with van der Waals surface area (Å²) < 4.78 is 58.1. The first-order valence-electron chi connectivity index (χ1n) is 12.9. The van der Waals surface area contributed by atoms with Crippen molar-refractivity contribution in [3.05, 3.63) is 70.5 Å². The van der Waals surface area contributed by atoms with Gasteiger partial charge in [-0.25, -0.2) is 4.98 Å². The first-order valence-corrected chi connectivity index (χ1v) is 13.3. The normalized spacial score (nSPS) is 24.4. The molecule has 5 heterocycles. The van der Waals surface area contributed by atoms with Gasteiger partial charge in [0.15, 0.2) is 11.6 Å². The Bertz CT molecular complexity index is 1360. The van der Waals surface area contributed by atoms with Crippen molar-refractivity contribution in [3.8, 4) is 5.75 Å². The summed E-state index contributed by atoms with van der Waals surface area (Å²) in [5.74, 6) is 0.986. The Morgan fingerprint density at radius 3 is 2.77 bits per heavy atom. The molecular weight excluding hydrogens is 533 g/mol. The van der Waals surface area contributed by atoms with Crippen LogP contribution in [-0.4, -0.2) is 60.0 Å². The molecule has 0 unspecified atom stereocenters. The van der Waals surface area contributed by atoms with Crippen LogP contribution in [0.4, 0.5) is 19.0 Å². The fraction of sp³-hybridized carbons (Fsp3) is 0.429. The van der Waals surface area contributed by atoms with Gasteiger partial charge in [0.1, 0.15) is 24.3 Å². The zero-order chi connectivity index (χ0) is 27.4. The maximum absolute atomic E-state index is 13.6. The molecule has 1 aromatic carbocycles. The van der Waals surface area contributed by atoms with Crippen molar-refractivity contribution >= 4 is 29.0 Å². The summed E-state index contributed by atoms with van der Waals surface area (Å²) in [5.41, 5.74) is 0.804. The number of fused-ring (bicyclic) bond motifs is 4. The van der Waals surface area contributed by atoms with E-state index in [1.807, 2.05) is 13.8 Å². The van der Waals surface area contributed by atoms with Gasteiger partial charge in [-0.2, -0.15) is 13.2 Å². The molecule has 0 N–H and O–H groups in total. The van der Waals surface area contributed by atoms with Gasteiger partial charge in [0, 0.05) is 18.7 Å². The second kappa shape index (κ2) is 9.83. The zero-order valence-corrected chi connectivity index (χ0v) is 22.3. The Labute approximate surface area is 229 Å². The first-order chi connectivity index (χ1) is 18.6. The van der Waals surface area contributed by atoms with Gasteiger partial charge >= 0.3 is 6.18 Å². The number of nitrogens with zero attached hydrogens (tertiary/aromatic N) is 4. The predicted octanol–water partition coefficient (Wildman–Crippen LogP) is 5.82. The molecule has 0 radical (unpaired) electrons. The number of hydrogen-bond acceptors (Lipinski definition) is 7. The Balaban J connectivity index is 1.36. The molecule has 4 aliphatic rings. The number of hydrogen-bond donors (Lipinski definition) is 0. The van der Waals surface area contributed by atoms with Crippen LogP contribution in [0, 0.1) is 0 Å². The lowest BCUT2D eigenvalue weighted by Crippen LogP contribution is -2.49. The summed E-state index contributed by atoms with van der Waals surface area (Å²) in [5, 5.41) is 0.315. The fourth-order valence-corrected chi connectivity index (χ4v) is 5.64. The van der Waals surface area contributed by atoms with Gasteiger partial charge in [-0.15, -0.1) is 0 Å². The van der Waals surface area contributed by atoms with Gasteiger partial charge in [-0.05, 0) is 57.0 Å². The summed E-state index contributed by atoms with van der Waals surface area (Å²) in [7, 11) is 0. The number of benzene rings is 1. The number of alkyl halides is 3. The Morgan fingerprint density at radius 1 is 1.21 bits per heavy atom. The van der Waals surface area contributed by atoms with Crippen molar-refractivity contribution in [1.82, 2.24) is 9.88 Å². The molecule has 1 aromatic heterocycles. The van der Waals surface area contributed by atoms with Crippen molar-refractivity contribution < 1.29 is 27.4 Å². The highest BCUT2D eigenvalue weighted by molar-refractivity contribution is 6.38. The van der Waals surface area contributed by atoms with E-state index in [0.29, 0.717) is 46.9 Å². The summed E-state index contributed by atoms with van der Waals surface area (Å²) in [6.45, 7) is 6.08. The molecular formula is C28H28ClF3N4O3. The molecule has 6 rings (SSSR count). The summed E-state index contributed by atoms with van der Waals surface area (Å²) in [6, 6.07) is 8.77. The molecule has 2 bridgehead atoms. The van der Waals surface area contributed by atoms with Crippen LogP contribution in [0.15, 0.2) is 64.4 Å². The number of rotatable bonds is 5. The van der Waals surface area contributed by atoms with Crippen molar-refractivity contribution in [2.75, 3.05) is 31.2 Å². The van der Waals surface area contributed by atoms with Crippen LogP contribution in [0.5, 0.6) is 5.75 Å². The van der Waals surface area contributed by atoms with Crippen LogP contribution in [-0.2, 0) is 15.7 Å². The lowest BCUT2D eigenvalue weighted by atomic mass is 9.98. The van der Waals surface area contributed by atoms with E-state index in [2.05, 4.69) is 9.88 Å². The smallest absolute Gasteiger partial charge is 0.416 e. The van der Waals surface area contributed by atoms with Crippen molar-refractivity contribution in [2.45, 2.75) is 50.8 Å². The summed E-state index contributed by atoms with van der Waals surface area (Å²) >= 11 is 6.82. The predicted molar refractivity (Wildman–Crippen MR) is 141 cm³/mol. The van der Waals surface area contributed by atoms with E-state index < -0.39 is 17.5 Å². The third kappa shape index (κ3) is 5.25. The molecule has 0 saturated carbocycles. The number of ether oxygens (including phenoxy) is 3. The SMILES string of the molecule is CC1(C)OC[C@@H](COc2ccc(N3C4=N[C@H]5CCCN(C5)C4=CC(Cl)=C3c3cccc(C(F)(F)F)c3)nc2)O1. The van der Waals surface area contributed by atoms with E-state index in [4.69, 9.17) is 30.8 Å². The molecule has 11 heteroatoms. The third-order valence-corrected chi connectivity index (χ3v) is 7.40. The van der Waals surface area contributed by atoms with Gasteiger partial charge in [0.05, 0.1) is 40.8 Å². The molecule has 206 valence electrons. The molecule has 39 heavy (non-hydrogen) atoms.